The molecule has 0 bridgehead atoms. The first-order valence-electron chi connectivity index (χ1n) is 4.94. The Morgan fingerprint density at radius 2 is 2.21 bits per heavy atom. The maximum atomic E-state index is 11.4. The van der Waals surface area contributed by atoms with Crippen LogP contribution >= 0.6 is 0 Å². The maximum Gasteiger partial charge on any atom is 0.253 e. The molecule has 14 heavy (non-hydrogen) atoms. The van der Waals surface area contributed by atoms with Crippen LogP contribution in [-0.2, 0) is 9.53 Å². The van der Waals surface area contributed by atoms with Crippen molar-refractivity contribution in [3.8, 4) is 0 Å². The number of methoxy groups -OCH3 is 1. The van der Waals surface area contributed by atoms with Crippen LogP contribution in [0.2, 0.25) is 0 Å². The maximum absolute atomic E-state index is 11.4. The van der Waals surface area contributed by atoms with Gasteiger partial charge in [-0.25, -0.2) is 5.84 Å². The number of nitrogens with zero attached hydrogens (tertiary/aromatic N) is 1. The highest BCUT2D eigenvalue weighted by Crippen LogP contribution is 2.01. The Kier molecular flexibility index (Phi) is 7.37. The van der Waals surface area contributed by atoms with E-state index < -0.39 is 0 Å². The third-order valence-corrected chi connectivity index (χ3v) is 2.13. The van der Waals surface area contributed by atoms with Crippen LogP contribution in [0.25, 0.3) is 0 Å². The van der Waals surface area contributed by atoms with Gasteiger partial charge in [-0.05, 0) is 19.5 Å². The predicted octanol–water partition coefficient (Wildman–Crippen LogP) is -0.277. The van der Waals surface area contributed by atoms with Gasteiger partial charge in [-0.2, -0.15) is 0 Å². The number of hydrogen-bond donors (Lipinski definition) is 2. The Morgan fingerprint density at radius 1 is 1.57 bits per heavy atom. The number of hydrogen-bond acceptors (Lipinski definition) is 4. The van der Waals surface area contributed by atoms with Crippen LogP contribution < -0.4 is 11.3 Å². The van der Waals surface area contributed by atoms with Crippen molar-refractivity contribution >= 4 is 5.91 Å². The molecule has 84 valence electrons. The molecule has 0 spiro atoms. The van der Waals surface area contributed by atoms with Crippen molar-refractivity contribution in [2.45, 2.75) is 26.3 Å². The fraction of sp³-hybridized carbons (Fsp3) is 0.889. The second-order valence-electron chi connectivity index (χ2n) is 3.11. The summed E-state index contributed by atoms with van der Waals surface area (Å²) in [5.74, 6) is 4.92. The molecule has 0 aromatic carbocycles. The van der Waals surface area contributed by atoms with E-state index >= 15 is 0 Å². The van der Waals surface area contributed by atoms with Gasteiger partial charge < -0.3 is 4.74 Å². The van der Waals surface area contributed by atoms with E-state index in [1.54, 1.807) is 7.11 Å². The van der Waals surface area contributed by atoms with Crippen molar-refractivity contribution in [2.75, 3.05) is 26.8 Å². The second-order valence-corrected chi connectivity index (χ2v) is 3.11. The van der Waals surface area contributed by atoms with Gasteiger partial charge >= 0.3 is 0 Å². The van der Waals surface area contributed by atoms with Crippen molar-refractivity contribution in [1.82, 2.24) is 10.3 Å². The standard InChI is InChI=1S/C9H21N3O2/c1-4-6-12(5-2)8(7-14-3)9(13)11-10/h8H,4-7,10H2,1-3H3,(H,11,13). The topological polar surface area (TPSA) is 67.6 Å². The number of rotatable bonds is 7. The van der Waals surface area contributed by atoms with Crippen LogP contribution in [0.1, 0.15) is 20.3 Å². The number of carbonyl (C=O) groups is 1. The van der Waals surface area contributed by atoms with Crippen LogP contribution in [0.15, 0.2) is 0 Å². The van der Waals surface area contributed by atoms with Crippen LogP contribution in [0.3, 0.4) is 0 Å². The van der Waals surface area contributed by atoms with Crippen LogP contribution in [0, 0.1) is 0 Å². The summed E-state index contributed by atoms with van der Waals surface area (Å²) in [7, 11) is 1.58. The number of amides is 1. The SMILES string of the molecule is CCCN(CC)C(COC)C(=O)NN. The normalized spacial score (nSPS) is 12.9. The van der Waals surface area contributed by atoms with Crippen molar-refractivity contribution < 1.29 is 9.53 Å². The van der Waals surface area contributed by atoms with E-state index in [-0.39, 0.29) is 11.9 Å². The van der Waals surface area contributed by atoms with Crippen LogP contribution in [-0.4, -0.2) is 43.7 Å². The molecule has 0 fully saturated rings. The molecule has 5 heteroatoms. The average Bonchev–Trinajstić information content (AvgIpc) is 2.22. The fourth-order valence-corrected chi connectivity index (χ4v) is 1.42. The van der Waals surface area contributed by atoms with E-state index in [1.807, 2.05) is 11.8 Å². The third kappa shape index (κ3) is 4.04. The summed E-state index contributed by atoms with van der Waals surface area (Å²) in [4.78, 5) is 13.5. The Labute approximate surface area is 85.6 Å². The fourth-order valence-electron chi connectivity index (χ4n) is 1.42. The molecule has 0 aromatic rings. The minimum Gasteiger partial charge on any atom is -0.383 e. The van der Waals surface area contributed by atoms with Gasteiger partial charge in [0.15, 0.2) is 0 Å². The molecular formula is C9H21N3O2. The molecule has 0 radical (unpaired) electrons. The number of carbonyl (C=O) groups excluding carboxylic acids is 1. The molecule has 0 aliphatic heterocycles. The smallest absolute Gasteiger partial charge is 0.253 e. The first-order chi connectivity index (χ1) is 6.71. The van der Waals surface area contributed by atoms with Gasteiger partial charge in [0.25, 0.3) is 5.91 Å². The summed E-state index contributed by atoms with van der Waals surface area (Å²) in [5, 5.41) is 0. The lowest BCUT2D eigenvalue weighted by Crippen LogP contribution is -2.51. The van der Waals surface area contributed by atoms with Gasteiger partial charge in [-0.3, -0.25) is 15.1 Å². The summed E-state index contributed by atoms with van der Waals surface area (Å²) in [6.45, 7) is 6.15. The van der Waals surface area contributed by atoms with E-state index in [1.165, 1.54) is 0 Å². The Bertz CT molecular complexity index is 164. The van der Waals surface area contributed by atoms with E-state index in [9.17, 15) is 4.79 Å². The zero-order valence-corrected chi connectivity index (χ0v) is 9.25. The van der Waals surface area contributed by atoms with Gasteiger partial charge in [0.05, 0.1) is 6.61 Å². The Hall–Kier alpha value is -0.650. The Morgan fingerprint density at radius 3 is 2.57 bits per heavy atom. The van der Waals surface area contributed by atoms with Crippen molar-refractivity contribution in [3.05, 3.63) is 0 Å². The molecular weight excluding hydrogens is 182 g/mol. The molecule has 0 saturated carbocycles. The minimum atomic E-state index is -0.282. The lowest BCUT2D eigenvalue weighted by atomic mass is 10.2. The lowest BCUT2D eigenvalue weighted by Gasteiger charge is -2.28. The third-order valence-electron chi connectivity index (χ3n) is 2.13. The van der Waals surface area contributed by atoms with E-state index in [4.69, 9.17) is 10.6 Å². The lowest BCUT2D eigenvalue weighted by molar-refractivity contribution is -0.128. The second kappa shape index (κ2) is 7.73. The Balaban J connectivity index is 4.33. The van der Waals surface area contributed by atoms with E-state index in [0.717, 1.165) is 19.5 Å². The number of likely N-dealkylation sites (N-methyl/N-ethyl adjacent to an activating group) is 1. The van der Waals surface area contributed by atoms with Crippen LogP contribution in [0.4, 0.5) is 0 Å². The summed E-state index contributed by atoms with van der Waals surface area (Å²) >= 11 is 0. The van der Waals surface area contributed by atoms with Gasteiger partial charge in [0, 0.05) is 7.11 Å². The molecule has 1 unspecified atom stereocenters. The molecule has 0 heterocycles. The highest BCUT2D eigenvalue weighted by molar-refractivity contribution is 5.81. The minimum absolute atomic E-state index is 0.192. The molecule has 5 nitrogen and oxygen atoms in total. The number of nitrogens with one attached hydrogen (secondary N) is 1. The van der Waals surface area contributed by atoms with Gasteiger partial charge in [0.2, 0.25) is 0 Å². The summed E-state index contributed by atoms with van der Waals surface area (Å²) < 4.78 is 5.00. The zero-order chi connectivity index (χ0) is 11.0. The van der Waals surface area contributed by atoms with Gasteiger partial charge in [0.1, 0.15) is 6.04 Å². The van der Waals surface area contributed by atoms with Gasteiger partial charge in [-0.1, -0.05) is 13.8 Å². The molecule has 0 rings (SSSR count). The molecule has 3 N–H and O–H groups in total. The highest BCUT2D eigenvalue weighted by atomic mass is 16.5. The summed E-state index contributed by atoms with van der Waals surface area (Å²) in [5.41, 5.74) is 2.16. The molecule has 0 aromatic heterocycles. The number of nitrogens with two attached hydrogens (primary N) is 1. The number of hydrazine groups is 1. The zero-order valence-electron chi connectivity index (χ0n) is 9.25. The van der Waals surface area contributed by atoms with Crippen molar-refractivity contribution in [3.63, 3.8) is 0 Å². The largest absolute Gasteiger partial charge is 0.383 e. The average molecular weight is 203 g/mol. The van der Waals surface area contributed by atoms with Crippen molar-refractivity contribution in [1.29, 1.82) is 0 Å². The van der Waals surface area contributed by atoms with E-state index in [0.29, 0.717) is 6.61 Å². The summed E-state index contributed by atoms with van der Waals surface area (Å²) in [6, 6.07) is -0.282. The first kappa shape index (κ1) is 13.4. The molecule has 0 aliphatic rings. The predicted molar refractivity (Wildman–Crippen MR) is 55.5 cm³/mol. The molecule has 0 aliphatic carbocycles. The van der Waals surface area contributed by atoms with E-state index in [2.05, 4.69) is 12.3 Å². The quantitative estimate of drug-likeness (QED) is 0.339. The summed E-state index contributed by atoms with van der Waals surface area (Å²) in [6.07, 6.45) is 1.01. The molecule has 1 atom stereocenters. The number of ether oxygens (including phenoxy) is 1. The van der Waals surface area contributed by atoms with Gasteiger partial charge in [-0.15, -0.1) is 0 Å². The first-order valence-corrected chi connectivity index (χ1v) is 4.94. The molecule has 0 saturated heterocycles. The highest BCUT2D eigenvalue weighted by Gasteiger charge is 2.23. The van der Waals surface area contributed by atoms with Crippen LogP contribution in [0.5, 0.6) is 0 Å². The van der Waals surface area contributed by atoms with Crippen molar-refractivity contribution in [2.24, 2.45) is 5.84 Å². The monoisotopic (exact) mass is 203 g/mol. The molecule has 1 amide bonds.